The summed E-state index contributed by atoms with van der Waals surface area (Å²) in [6.07, 6.45) is 0.831. The van der Waals surface area contributed by atoms with Crippen LogP contribution >= 0.6 is 23.2 Å². The van der Waals surface area contributed by atoms with Crippen LogP contribution in [0, 0.1) is 0 Å². The summed E-state index contributed by atoms with van der Waals surface area (Å²) in [6.45, 7) is 2.54. The SMILES string of the molecule is CCCNC(=O)c1ccccc1NC(=O)Nc1cc(Cl)cc(Cl)c1. The Morgan fingerprint density at radius 3 is 2.33 bits per heavy atom. The summed E-state index contributed by atoms with van der Waals surface area (Å²) < 4.78 is 0. The average Bonchev–Trinajstić information content (AvgIpc) is 2.52. The van der Waals surface area contributed by atoms with Gasteiger partial charge in [0.2, 0.25) is 0 Å². The molecule has 0 atom stereocenters. The predicted octanol–water partition coefficient (Wildman–Crippen LogP) is 4.78. The van der Waals surface area contributed by atoms with E-state index < -0.39 is 6.03 Å². The molecule has 0 aliphatic rings. The second kappa shape index (κ2) is 8.57. The highest BCUT2D eigenvalue weighted by molar-refractivity contribution is 6.35. The molecule has 0 spiro atoms. The number of amides is 3. The lowest BCUT2D eigenvalue weighted by atomic mass is 10.1. The summed E-state index contributed by atoms with van der Waals surface area (Å²) in [5.74, 6) is -0.237. The molecule has 0 aliphatic heterocycles. The smallest absolute Gasteiger partial charge is 0.323 e. The van der Waals surface area contributed by atoms with Crippen molar-refractivity contribution in [3.8, 4) is 0 Å². The van der Waals surface area contributed by atoms with E-state index in [0.29, 0.717) is 33.5 Å². The van der Waals surface area contributed by atoms with Gasteiger partial charge in [-0.05, 0) is 36.8 Å². The highest BCUT2D eigenvalue weighted by Gasteiger charge is 2.12. The second-order valence-electron chi connectivity index (χ2n) is 5.04. The van der Waals surface area contributed by atoms with Crippen molar-refractivity contribution in [2.45, 2.75) is 13.3 Å². The molecule has 0 unspecified atom stereocenters. The van der Waals surface area contributed by atoms with E-state index in [-0.39, 0.29) is 5.91 Å². The summed E-state index contributed by atoms with van der Waals surface area (Å²) in [6, 6.07) is 11.0. The number of carbonyl (C=O) groups is 2. The Bertz CT molecular complexity index is 730. The van der Waals surface area contributed by atoms with Crippen LogP contribution in [-0.4, -0.2) is 18.5 Å². The number of benzene rings is 2. The Hall–Kier alpha value is -2.24. The Morgan fingerprint density at radius 2 is 1.67 bits per heavy atom. The lowest BCUT2D eigenvalue weighted by Gasteiger charge is -2.12. The lowest BCUT2D eigenvalue weighted by Crippen LogP contribution is -2.27. The van der Waals surface area contributed by atoms with Crippen molar-refractivity contribution in [2.75, 3.05) is 17.2 Å². The molecule has 24 heavy (non-hydrogen) atoms. The highest BCUT2D eigenvalue weighted by atomic mass is 35.5. The number of urea groups is 1. The van der Waals surface area contributed by atoms with E-state index in [9.17, 15) is 9.59 Å². The summed E-state index contributed by atoms with van der Waals surface area (Å²) in [7, 11) is 0. The van der Waals surface area contributed by atoms with Crippen LogP contribution in [0.25, 0.3) is 0 Å². The Kier molecular flexibility index (Phi) is 6.46. The fourth-order valence-electron chi connectivity index (χ4n) is 2.03. The van der Waals surface area contributed by atoms with Crippen molar-refractivity contribution >= 4 is 46.5 Å². The fraction of sp³-hybridized carbons (Fsp3) is 0.176. The van der Waals surface area contributed by atoms with E-state index >= 15 is 0 Å². The number of halogens is 2. The molecule has 0 aromatic heterocycles. The molecule has 3 amide bonds. The van der Waals surface area contributed by atoms with Gasteiger partial charge in [-0.3, -0.25) is 4.79 Å². The van der Waals surface area contributed by atoms with E-state index in [1.165, 1.54) is 0 Å². The second-order valence-corrected chi connectivity index (χ2v) is 5.91. The van der Waals surface area contributed by atoms with Crippen LogP contribution in [-0.2, 0) is 0 Å². The molecule has 0 saturated heterocycles. The number of hydrogen-bond donors (Lipinski definition) is 3. The largest absolute Gasteiger partial charge is 0.352 e. The van der Waals surface area contributed by atoms with Crippen LogP contribution in [0.15, 0.2) is 42.5 Å². The van der Waals surface area contributed by atoms with E-state index in [1.54, 1.807) is 42.5 Å². The van der Waals surface area contributed by atoms with Crippen molar-refractivity contribution in [3.05, 3.63) is 58.1 Å². The van der Waals surface area contributed by atoms with Crippen molar-refractivity contribution in [3.63, 3.8) is 0 Å². The van der Waals surface area contributed by atoms with Crippen molar-refractivity contribution in [1.82, 2.24) is 5.32 Å². The van der Waals surface area contributed by atoms with E-state index in [4.69, 9.17) is 23.2 Å². The number of hydrogen-bond acceptors (Lipinski definition) is 2. The number of nitrogens with one attached hydrogen (secondary N) is 3. The van der Waals surface area contributed by atoms with Crippen LogP contribution in [0.2, 0.25) is 10.0 Å². The Morgan fingerprint density at radius 1 is 1.00 bits per heavy atom. The normalized spacial score (nSPS) is 10.1. The van der Waals surface area contributed by atoms with Gasteiger partial charge in [0.15, 0.2) is 0 Å². The zero-order valence-corrected chi connectivity index (χ0v) is 14.5. The molecular formula is C17H17Cl2N3O2. The first-order chi connectivity index (χ1) is 11.5. The van der Waals surface area contributed by atoms with Crippen LogP contribution in [0.5, 0.6) is 0 Å². The summed E-state index contributed by atoms with van der Waals surface area (Å²) in [5.41, 5.74) is 1.26. The monoisotopic (exact) mass is 365 g/mol. The molecule has 0 bridgehead atoms. The Labute approximate surface area is 150 Å². The molecule has 7 heteroatoms. The topological polar surface area (TPSA) is 70.2 Å². The van der Waals surface area contributed by atoms with Crippen LogP contribution in [0.4, 0.5) is 16.2 Å². The Balaban J connectivity index is 2.10. The molecule has 0 saturated carbocycles. The molecule has 3 N–H and O–H groups in total. The van der Waals surface area contributed by atoms with Gasteiger partial charge in [-0.15, -0.1) is 0 Å². The third-order valence-electron chi connectivity index (χ3n) is 3.08. The summed E-state index contributed by atoms with van der Waals surface area (Å²) in [5, 5.41) is 8.90. The molecule has 2 aromatic carbocycles. The molecule has 0 heterocycles. The number of carbonyl (C=O) groups excluding carboxylic acids is 2. The van der Waals surface area contributed by atoms with Crippen molar-refractivity contribution in [1.29, 1.82) is 0 Å². The first kappa shape index (κ1) is 18.1. The molecule has 2 rings (SSSR count). The maximum Gasteiger partial charge on any atom is 0.323 e. The van der Waals surface area contributed by atoms with E-state index in [0.717, 1.165) is 6.42 Å². The minimum atomic E-state index is -0.496. The highest BCUT2D eigenvalue weighted by Crippen LogP contribution is 2.23. The third-order valence-corrected chi connectivity index (χ3v) is 3.51. The van der Waals surface area contributed by atoms with E-state index in [2.05, 4.69) is 16.0 Å². The quantitative estimate of drug-likeness (QED) is 0.713. The first-order valence-electron chi connectivity index (χ1n) is 7.41. The maximum absolute atomic E-state index is 12.2. The van der Waals surface area contributed by atoms with Crippen molar-refractivity contribution in [2.24, 2.45) is 0 Å². The van der Waals surface area contributed by atoms with Gasteiger partial charge in [0.1, 0.15) is 0 Å². The molecule has 0 aliphatic carbocycles. The maximum atomic E-state index is 12.2. The zero-order chi connectivity index (χ0) is 17.5. The standard InChI is InChI=1S/C17H17Cl2N3O2/c1-2-7-20-16(23)14-5-3-4-6-15(14)22-17(24)21-13-9-11(18)8-12(19)10-13/h3-6,8-10H,2,7H2,1H3,(H,20,23)(H2,21,22,24). The third kappa shape index (κ3) is 5.15. The van der Waals surface area contributed by atoms with Gasteiger partial charge in [-0.25, -0.2) is 4.79 Å². The molecule has 2 aromatic rings. The van der Waals surface area contributed by atoms with Gasteiger partial charge < -0.3 is 16.0 Å². The minimum absolute atomic E-state index is 0.237. The summed E-state index contributed by atoms with van der Waals surface area (Å²) >= 11 is 11.8. The van der Waals surface area contributed by atoms with Gasteiger partial charge in [0.25, 0.3) is 5.91 Å². The zero-order valence-electron chi connectivity index (χ0n) is 13.0. The number of rotatable bonds is 5. The average molecular weight is 366 g/mol. The van der Waals surface area contributed by atoms with Gasteiger partial charge in [-0.2, -0.15) is 0 Å². The fourth-order valence-corrected chi connectivity index (χ4v) is 2.56. The van der Waals surface area contributed by atoms with Gasteiger partial charge in [0.05, 0.1) is 11.3 Å². The van der Waals surface area contributed by atoms with Gasteiger partial charge in [0, 0.05) is 22.3 Å². The molecule has 126 valence electrons. The minimum Gasteiger partial charge on any atom is -0.352 e. The first-order valence-corrected chi connectivity index (χ1v) is 8.16. The molecular weight excluding hydrogens is 349 g/mol. The van der Waals surface area contributed by atoms with Gasteiger partial charge in [-0.1, -0.05) is 42.3 Å². The molecule has 0 radical (unpaired) electrons. The lowest BCUT2D eigenvalue weighted by molar-refractivity contribution is 0.0954. The van der Waals surface area contributed by atoms with Crippen molar-refractivity contribution < 1.29 is 9.59 Å². The van der Waals surface area contributed by atoms with Crippen LogP contribution in [0.1, 0.15) is 23.7 Å². The van der Waals surface area contributed by atoms with Gasteiger partial charge >= 0.3 is 6.03 Å². The molecule has 0 fully saturated rings. The van der Waals surface area contributed by atoms with Crippen LogP contribution < -0.4 is 16.0 Å². The number of para-hydroxylation sites is 1. The van der Waals surface area contributed by atoms with E-state index in [1.807, 2.05) is 6.92 Å². The summed E-state index contributed by atoms with van der Waals surface area (Å²) in [4.78, 5) is 24.3. The predicted molar refractivity (Wildman–Crippen MR) is 98.2 cm³/mol. The molecule has 5 nitrogen and oxygen atoms in total. The van der Waals surface area contributed by atoms with Crippen LogP contribution in [0.3, 0.4) is 0 Å². The number of anilines is 2.